The van der Waals surface area contributed by atoms with Crippen LogP contribution in [0.4, 0.5) is 15.8 Å². The van der Waals surface area contributed by atoms with Crippen LogP contribution in [0.5, 0.6) is 0 Å². The van der Waals surface area contributed by atoms with Gasteiger partial charge in [0.1, 0.15) is 5.82 Å². The molecule has 1 amide bonds. The first-order valence-electron chi connectivity index (χ1n) is 7.67. The van der Waals surface area contributed by atoms with Gasteiger partial charge in [0.2, 0.25) is 5.91 Å². The number of benzene rings is 2. The molecular formula is C19H20FNO2. The topological polar surface area (TPSA) is 40.5 Å². The molecule has 0 saturated heterocycles. The van der Waals surface area contributed by atoms with Gasteiger partial charge in [0.05, 0.1) is 18.0 Å². The number of fused-ring (bicyclic) bond motifs is 1. The second-order valence-corrected chi connectivity index (χ2v) is 6.70. The summed E-state index contributed by atoms with van der Waals surface area (Å²) in [4.78, 5) is 14.4. The molecule has 1 aliphatic heterocycles. The summed E-state index contributed by atoms with van der Waals surface area (Å²) in [5.41, 5.74) is 2.97. The number of amides is 1. The van der Waals surface area contributed by atoms with E-state index in [9.17, 15) is 14.3 Å². The molecule has 0 bridgehead atoms. The van der Waals surface area contributed by atoms with E-state index in [1.54, 1.807) is 11.0 Å². The third-order valence-electron chi connectivity index (χ3n) is 4.50. The Morgan fingerprint density at radius 3 is 2.57 bits per heavy atom. The fourth-order valence-electron chi connectivity index (χ4n) is 3.22. The third kappa shape index (κ3) is 2.53. The first-order valence-corrected chi connectivity index (χ1v) is 7.67. The molecule has 4 heteroatoms. The Bertz CT molecular complexity index is 783. The predicted octanol–water partition coefficient (Wildman–Crippen LogP) is 3.97. The summed E-state index contributed by atoms with van der Waals surface area (Å²) in [5, 5.41) is 9.38. The number of rotatable bonds is 2. The van der Waals surface area contributed by atoms with E-state index in [0.29, 0.717) is 12.1 Å². The lowest BCUT2D eigenvalue weighted by Crippen LogP contribution is -2.39. The van der Waals surface area contributed by atoms with Crippen LogP contribution in [-0.4, -0.2) is 11.0 Å². The summed E-state index contributed by atoms with van der Waals surface area (Å²) in [7, 11) is 0. The first kappa shape index (κ1) is 15.7. The Morgan fingerprint density at radius 2 is 1.91 bits per heavy atom. The van der Waals surface area contributed by atoms with Crippen LogP contribution < -0.4 is 4.90 Å². The van der Waals surface area contributed by atoms with Gasteiger partial charge in [-0.25, -0.2) is 4.39 Å². The molecule has 0 atom stereocenters. The lowest BCUT2D eigenvalue weighted by molar-refractivity contribution is -0.119. The number of nitrogens with zero attached hydrogens (tertiary/aromatic N) is 1. The number of hydrogen-bond donors (Lipinski definition) is 1. The molecule has 2 aromatic carbocycles. The van der Waals surface area contributed by atoms with Crippen molar-refractivity contribution in [2.24, 2.45) is 0 Å². The predicted molar refractivity (Wildman–Crippen MR) is 88.3 cm³/mol. The highest BCUT2D eigenvalue weighted by atomic mass is 19.1. The number of carbonyl (C=O) groups is 1. The molecule has 23 heavy (non-hydrogen) atoms. The van der Waals surface area contributed by atoms with Crippen LogP contribution in [0.1, 0.15) is 37.0 Å². The quantitative estimate of drug-likeness (QED) is 0.911. The van der Waals surface area contributed by atoms with Gasteiger partial charge in [0, 0.05) is 17.4 Å². The number of halogens is 1. The minimum Gasteiger partial charge on any atom is -0.392 e. The zero-order chi connectivity index (χ0) is 16.8. The van der Waals surface area contributed by atoms with E-state index in [4.69, 9.17) is 0 Å². The highest BCUT2D eigenvalue weighted by Crippen LogP contribution is 2.45. The van der Waals surface area contributed by atoms with Crippen molar-refractivity contribution in [2.75, 3.05) is 4.90 Å². The Labute approximate surface area is 135 Å². The van der Waals surface area contributed by atoms with E-state index >= 15 is 0 Å². The molecule has 0 radical (unpaired) electrons. The standard InChI is InChI=1S/C19H20FNO2/c1-12-6-4-5-7-16(12)21-17-8-13(11-22)15(20)9-14(17)19(2,3)10-18(21)23/h4-9,22H,10-11H2,1-3H3. The second kappa shape index (κ2) is 5.46. The van der Waals surface area contributed by atoms with Crippen molar-refractivity contribution in [3.8, 4) is 0 Å². The first-order chi connectivity index (χ1) is 10.8. The zero-order valence-corrected chi connectivity index (χ0v) is 13.6. The average molecular weight is 313 g/mol. The average Bonchev–Trinajstić information content (AvgIpc) is 2.49. The summed E-state index contributed by atoms with van der Waals surface area (Å²) in [5.74, 6) is -0.453. The number of aliphatic hydroxyl groups excluding tert-OH is 1. The van der Waals surface area contributed by atoms with Crippen molar-refractivity contribution in [3.05, 3.63) is 58.9 Å². The molecule has 3 nitrogen and oxygen atoms in total. The summed E-state index contributed by atoms with van der Waals surface area (Å²) in [6, 6.07) is 10.7. The monoisotopic (exact) mass is 313 g/mol. The van der Waals surface area contributed by atoms with Gasteiger partial charge in [-0.3, -0.25) is 9.69 Å². The van der Waals surface area contributed by atoms with Crippen molar-refractivity contribution in [2.45, 2.75) is 39.2 Å². The van der Waals surface area contributed by atoms with Crippen LogP contribution in [0, 0.1) is 12.7 Å². The number of para-hydroxylation sites is 1. The SMILES string of the molecule is Cc1ccccc1N1C(=O)CC(C)(C)c2cc(F)c(CO)cc21. The largest absolute Gasteiger partial charge is 0.392 e. The molecule has 120 valence electrons. The van der Waals surface area contributed by atoms with E-state index in [1.807, 2.05) is 45.0 Å². The summed E-state index contributed by atoms with van der Waals surface area (Å²) < 4.78 is 14.2. The fraction of sp³-hybridized carbons (Fsp3) is 0.316. The van der Waals surface area contributed by atoms with Crippen LogP contribution in [0.15, 0.2) is 36.4 Å². The van der Waals surface area contributed by atoms with E-state index in [0.717, 1.165) is 16.8 Å². The number of carbonyl (C=O) groups excluding carboxylic acids is 1. The summed E-state index contributed by atoms with van der Waals surface area (Å²) in [6.07, 6.45) is 0.312. The van der Waals surface area contributed by atoms with Crippen molar-refractivity contribution in [1.29, 1.82) is 0 Å². The van der Waals surface area contributed by atoms with Crippen LogP contribution in [0.25, 0.3) is 0 Å². The highest BCUT2D eigenvalue weighted by Gasteiger charge is 2.38. The molecule has 0 aliphatic carbocycles. The highest BCUT2D eigenvalue weighted by molar-refractivity contribution is 6.04. The van der Waals surface area contributed by atoms with Gasteiger partial charge in [-0.15, -0.1) is 0 Å². The summed E-state index contributed by atoms with van der Waals surface area (Å²) >= 11 is 0. The normalized spacial score (nSPS) is 16.4. The number of hydrogen-bond acceptors (Lipinski definition) is 2. The Balaban J connectivity index is 2.28. The minimum absolute atomic E-state index is 0.0210. The maximum absolute atomic E-state index is 14.2. The molecule has 0 unspecified atom stereocenters. The third-order valence-corrected chi connectivity index (χ3v) is 4.50. The van der Waals surface area contributed by atoms with Gasteiger partial charge < -0.3 is 5.11 Å². The molecule has 1 N–H and O–H groups in total. The van der Waals surface area contributed by atoms with E-state index in [1.165, 1.54) is 6.07 Å². The smallest absolute Gasteiger partial charge is 0.232 e. The van der Waals surface area contributed by atoms with Gasteiger partial charge in [-0.1, -0.05) is 32.0 Å². The molecule has 3 rings (SSSR count). The van der Waals surface area contributed by atoms with Crippen molar-refractivity contribution in [3.63, 3.8) is 0 Å². The van der Waals surface area contributed by atoms with E-state index in [2.05, 4.69) is 0 Å². The molecule has 2 aromatic rings. The van der Waals surface area contributed by atoms with E-state index in [-0.39, 0.29) is 11.5 Å². The van der Waals surface area contributed by atoms with E-state index < -0.39 is 17.8 Å². The van der Waals surface area contributed by atoms with Crippen molar-refractivity contribution < 1.29 is 14.3 Å². The maximum atomic E-state index is 14.2. The lowest BCUT2D eigenvalue weighted by Gasteiger charge is -2.39. The number of anilines is 2. The number of aliphatic hydroxyl groups is 1. The molecule has 0 fully saturated rings. The van der Waals surface area contributed by atoms with Gasteiger partial charge >= 0.3 is 0 Å². The minimum atomic E-state index is -0.444. The fourth-order valence-corrected chi connectivity index (χ4v) is 3.22. The molecule has 1 heterocycles. The van der Waals surface area contributed by atoms with Crippen LogP contribution in [-0.2, 0) is 16.8 Å². The number of aryl methyl sites for hydroxylation is 1. The lowest BCUT2D eigenvalue weighted by atomic mass is 9.76. The zero-order valence-electron chi connectivity index (χ0n) is 13.6. The Hall–Kier alpha value is -2.20. The Morgan fingerprint density at radius 1 is 1.22 bits per heavy atom. The molecule has 0 saturated carbocycles. The van der Waals surface area contributed by atoms with Crippen molar-refractivity contribution >= 4 is 17.3 Å². The molecular weight excluding hydrogens is 293 g/mol. The summed E-state index contributed by atoms with van der Waals surface area (Å²) in [6.45, 7) is 5.43. The molecule has 0 spiro atoms. The van der Waals surface area contributed by atoms with Crippen LogP contribution in [0.3, 0.4) is 0 Å². The Kier molecular flexibility index (Phi) is 3.72. The van der Waals surface area contributed by atoms with Crippen LogP contribution in [0.2, 0.25) is 0 Å². The van der Waals surface area contributed by atoms with Crippen molar-refractivity contribution in [1.82, 2.24) is 0 Å². The van der Waals surface area contributed by atoms with Crippen LogP contribution >= 0.6 is 0 Å². The maximum Gasteiger partial charge on any atom is 0.232 e. The molecule has 0 aromatic heterocycles. The van der Waals surface area contributed by atoms with Gasteiger partial charge in [-0.05, 0) is 36.2 Å². The van der Waals surface area contributed by atoms with Gasteiger partial charge in [0.15, 0.2) is 0 Å². The molecule has 1 aliphatic rings. The second-order valence-electron chi connectivity index (χ2n) is 6.70. The van der Waals surface area contributed by atoms with Gasteiger partial charge in [0.25, 0.3) is 0 Å². The van der Waals surface area contributed by atoms with Gasteiger partial charge in [-0.2, -0.15) is 0 Å².